The van der Waals surface area contributed by atoms with Gasteiger partial charge in [-0.2, -0.15) is 10.2 Å². The summed E-state index contributed by atoms with van der Waals surface area (Å²) in [6.45, 7) is 6.23. The summed E-state index contributed by atoms with van der Waals surface area (Å²) < 4.78 is 1.90. The number of aryl methyl sites for hydroxylation is 3. The third-order valence-corrected chi connectivity index (χ3v) is 5.76. The summed E-state index contributed by atoms with van der Waals surface area (Å²) >= 11 is 1.61. The Labute approximate surface area is 165 Å². The largest absolute Gasteiger partial charge is 0.259 e. The van der Waals surface area contributed by atoms with E-state index >= 15 is 0 Å². The van der Waals surface area contributed by atoms with Gasteiger partial charge in [0.2, 0.25) is 0 Å². The molecule has 4 heterocycles. The van der Waals surface area contributed by atoms with E-state index in [2.05, 4.69) is 58.4 Å². The Balaban J connectivity index is 1.78. The molecule has 0 aliphatic heterocycles. The van der Waals surface area contributed by atoms with Crippen LogP contribution >= 0.6 is 11.3 Å². The van der Waals surface area contributed by atoms with Gasteiger partial charge >= 0.3 is 0 Å². The Morgan fingerprint density at radius 1 is 1.04 bits per heavy atom. The van der Waals surface area contributed by atoms with Crippen LogP contribution < -0.4 is 0 Å². The van der Waals surface area contributed by atoms with E-state index in [1.54, 1.807) is 11.3 Å². The number of rotatable bonds is 3. The number of nitrogens with one attached hydrogen (secondary N) is 1. The van der Waals surface area contributed by atoms with Crippen molar-refractivity contribution < 1.29 is 0 Å². The van der Waals surface area contributed by atoms with Gasteiger partial charge in [-0.3, -0.25) is 5.10 Å². The molecule has 28 heavy (non-hydrogen) atoms. The smallest absolute Gasteiger partial charge is 0.167 e. The predicted octanol–water partition coefficient (Wildman–Crippen LogP) is 4.84. The lowest BCUT2D eigenvalue weighted by molar-refractivity contribution is 0.934. The Bertz CT molecular complexity index is 1280. The molecule has 0 saturated heterocycles. The van der Waals surface area contributed by atoms with Gasteiger partial charge in [0.1, 0.15) is 11.3 Å². The SMILES string of the molecule is Cc1cc(C)cc(-c2nc(-c3c(C)nn4ccccc34)sc2-c2ncn[nH]2)c1. The Hall–Kier alpha value is -3.32. The normalized spacial score (nSPS) is 11.4. The number of fused-ring (bicyclic) bond motifs is 1. The maximum absolute atomic E-state index is 5.05. The van der Waals surface area contributed by atoms with Crippen molar-refractivity contribution in [3.05, 3.63) is 65.7 Å². The Morgan fingerprint density at radius 2 is 1.86 bits per heavy atom. The molecule has 5 rings (SSSR count). The van der Waals surface area contributed by atoms with Gasteiger partial charge in [-0.1, -0.05) is 23.3 Å². The first-order valence-corrected chi connectivity index (χ1v) is 9.81. The molecule has 7 heteroatoms. The lowest BCUT2D eigenvalue weighted by atomic mass is 10.0. The second-order valence-corrected chi connectivity index (χ2v) is 7.90. The van der Waals surface area contributed by atoms with Crippen LogP contribution in [0.1, 0.15) is 16.8 Å². The number of hydrogen-bond donors (Lipinski definition) is 1. The third-order valence-electron chi connectivity index (χ3n) is 4.68. The standard InChI is InChI=1S/C21H18N6S/c1-12-8-13(2)10-15(9-12)18-19(20-22-11-23-25-20)28-21(24-18)17-14(3)26-27-7-5-4-6-16(17)27/h4-11H,1-3H3,(H,22,23,25). The van der Waals surface area contributed by atoms with E-state index in [0.717, 1.165) is 43.7 Å². The second kappa shape index (κ2) is 6.38. The monoisotopic (exact) mass is 386 g/mol. The fourth-order valence-electron chi connectivity index (χ4n) is 3.59. The van der Waals surface area contributed by atoms with Gasteiger partial charge in [0.15, 0.2) is 5.82 Å². The molecule has 0 atom stereocenters. The molecular formula is C21H18N6S. The van der Waals surface area contributed by atoms with Crippen LogP contribution in [0.15, 0.2) is 48.9 Å². The summed E-state index contributed by atoms with van der Waals surface area (Å²) in [7, 11) is 0. The predicted molar refractivity (Wildman–Crippen MR) is 111 cm³/mol. The molecule has 0 aliphatic rings. The molecule has 0 fully saturated rings. The van der Waals surface area contributed by atoms with Gasteiger partial charge < -0.3 is 0 Å². The zero-order valence-corrected chi connectivity index (χ0v) is 16.6. The van der Waals surface area contributed by atoms with Gasteiger partial charge in [0, 0.05) is 11.8 Å². The van der Waals surface area contributed by atoms with E-state index in [-0.39, 0.29) is 0 Å². The average Bonchev–Trinajstić information content (AvgIpc) is 3.38. The fraction of sp³-hybridized carbons (Fsp3) is 0.143. The van der Waals surface area contributed by atoms with Gasteiger partial charge in [-0.25, -0.2) is 14.5 Å². The quantitative estimate of drug-likeness (QED) is 0.482. The number of aromatic nitrogens is 6. The molecule has 0 aliphatic carbocycles. The molecule has 1 aromatic carbocycles. The van der Waals surface area contributed by atoms with E-state index in [1.807, 2.05) is 29.8 Å². The second-order valence-electron chi connectivity index (χ2n) is 6.90. The van der Waals surface area contributed by atoms with Crippen LogP contribution in [0.4, 0.5) is 0 Å². The van der Waals surface area contributed by atoms with Crippen molar-refractivity contribution in [2.75, 3.05) is 0 Å². The number of H-pyrrole nitrogens is 1. The minimum Gasteiger partial charge on any atom is -0.259 e. The molecular weight excluding hydrogens is 368 g/mol. The first-order chi connectivity index (χ1) is 13.6. The summed E-state index contributed by atoms with van der Waals surface area (Å²) in [6.07, 6.45) is 3.49. The molecule has 4 aromatic heterocycles. The van der Waals surface area contributed by atoms with Crippen LogP contribution in [0.25, 0.3) is 38.0 Å². The highest BCUT2D eigenvalue weighted by atomic mass is 32.1. The highest BCUT2D eigenvalue weighted by Gasteiger charge is 2.22. The third kappa shape index (κ3) is 2.71. The van der Waals surface area contributed by atoms with Crippen molar-refractivity contribution in [2.45, 2.75) is 20.8 Å². The van der Waals surface area contributed by atoms with E-state index in [4.69, 9.17) is 4.98 Å². The summed E-state index contributed by atoms with van der Waals surface area (Å²) in [6, 6.07) is 12.6. The number of benzene rings is 1. The number of hydrogen-bond acceptors (Lipinski definition) is 5. The molecule has 0 radical (unpaired) electrons. The summed E-state index contributed by atoms with van der Waals surface area (Å²) in [5, 5.41) is 12.6. The summed E-state index contributed by atoms with van der Waals surface area (Å²) in [4.78, 5) is 10.4. The maximum Gasteiger partial charge on any atom is 0.167 e. The molecule has 0 spiro atoms. The van der Waals surface area contributed by atoms with Gasteiger partial charge in [-0.05, 0) is 45.0 Å². The molecule has 0 amide bonds. The van der Waals surface area contributed by atoms with Crippen molar-refractivity contribution in [2.24, 2.45) is 0 Å². The minimum atomic E-state index is 0.729. The number of thiazole rings is 1. The molecule has 0 bridgehead atoms. The molecule has 6 nitrogen and oxygen atoms in total. The lowest BCUT2D eigenvalue weighted by Gasteiger charge is -2.04. The molecule has 138 valence electrons. The van der Waals surface area contributed by atoms with Crippen LogP contribution in [0.2, 0.25) is 0 Å². The topological polar surface area (TPSA) is 71.8 Å². The van der Waals surface area contributed by atoms with Crippen LogP contribution in [-0.4, -0.2) is 29.8 Å². The van der Waals surface area contributed by atoms with Crippen molar-refractivity contribution >= 4 is 16.9 Å². The first kappa shape index (κ1) is 16.8. The van der Waals surface area contributed by atoms with E-state index in [1.165, 1.54) is 17.5 Å². The van der Waals surface area contributed by atoms with Crippen LogP contribution in [0.5, 0.6) is 0 Å². The van der Waals surface area contributed by atoms with Crippen LogP contribution in [-0.2, 0) is 0 Å². The van der Waals surface area contributed by atoms with Gasteiger partial charge in [-0.15, -0.1) is 11.3 Å². The summed E-state index contributed by atoms with van der Waals surface area (Å²) in [5.74, 6) is 0.729. The molecule has 5 aromatic rings. The highest BCUT2D eigenvalue weighted by Crippen LogP contribution is 2.41. The lowest BCUT2D eigenvalue weighted by Crippen LogP contribution is -1.87. The zero-order valence-electron chi connectivity index (χ0n) is 15.8. The van der Waals surface area contributed by atoms with Gasteiger partial charge in [0.25, 0.3) is 0 Å². The van der Waals surface area contributed by atoms with Crippen molar-refractivity contribution in [3.63, 3.8) is 0 Å². The Kier molecular flexibility index (Phi) is 3.84. The number of aromatic amines is 1. The minimum absolute atomic E-state index is 0.729. The first-order valence-electron chi connectivity index (χ1n) is 9.00. The van der Waals surface area contributed by atoms with E-state index in [9.17, 15) is 0 Å². The van der Waals surface area contributed by atoms with Crippen LogP contribution in [0, 0.1) is 20.8 Å². The fourth-order valence-corrected chi connectivity index (χ4v) is 4.73. The zero-order chi connectivity index (χ0) is 19.3. The van der Waals surface area contributed by atoms with E-state index < -0.39 is 0 Å². The van der Waals surface area contributed by atoms with E-state index in [0.29, 0.717) is 0 Å². The maximum atomic E-state index is 5.05. The van der Waals surface area contributed by atoms with Crippen molar-refractivity contribution in [1.29, 1.82) is 0 Å². The van der Waals surface area contributed by atoms with Crippen LogP contribution in [0.3, 0.4) is 0 Å². The van der Waals surface area contributed by atoms with Crippen molar-refractivity contribution in [1.82, 2.24) is 29.8 Å². The molecule has 1 N–H and O–H groups in total. The van der Waals surface area contributed by atoms with Crippen molar-refractivity contribution in [3.8, 4) is 32.5 Å². The summed E-state index contributed by atoms with van der Waals surface area (Å²) in [5.41, 5.74) is 7.47. The Morgan fingerprint density at radius 3 is 2.61 bits per heavy atom. The number of nitrogens with zero attached hydrogens (tertiary/aromatic N) is 5. The highest BCUT2D eigenvalue weighted by molar-refractivity contribution is 7.19. The number of pyridine rings is 1. The molecule has 0 unspecified atom stereocenters. The average molecular weight is 386 g/mol. The van der Waals surface area contributed by atoms with Gasteiger partial charge in [0.05, 0.1) is 27.3 Å². The molecule has 0 saturated carbocycles.